The van der Waals surface area contributed by atoms with Crippen molar-refractivity contribution >= 4 is 45.1 Å². The second-order valence-corrected chi connectivity index (χ2v) is 7.49. The molecule has 7 heteroatoms. The third-order valence-electron chi connectivity index (χ3n) is 2.92. The minimum absolute atomic E-state index is 0.0394. The van der Waals surface area contributed by atoms with E-state index in [2.05, 4.69) is 21.7 Å². The Morgan fingerprint density at radius 1 is 1.26 bits per heavy atom. The van der Waals surface area contributed by atoms with Crippen LogP contribution in [0, 0.1) is 0 Å². The molecule has 0 spiro atoms. The van der Waals surface area contributed by atoms with Gasteiger partial charge in [-0.1, -0.05) is 12.1 Å². The molecule has 0 fully saturated rings. The van der Waals surface area contributed by atoms with Crippen LogP contribution in [0.3, 0.4) is 0 Å². The topological polar surface area (TPSA) is 71.1 Å². The van der Waals surface area contributed by atoms with Crippen LogP contribution in [-0.2, 0) is 15.3 Å². The highest BCUT2D eigenvalue weighted by molar-refractivity contribution is 7.99. The third-order valence-corrected chi connectivity index (χ3v) is 5.08. The first kappa shape index (κ1) is 17.7. The van der Waals surface area contributed by atoms with Crippen molar-refractivity contribution in [3.63, 3.8) is 0 Å². The molecular weight excluding hydrogens is 330 g/mol. The summed E-state index contributed by atoms with van der Waals surface area (Å²) in [6.45, 7) is 4.20. The molecule has 2 N–H and O–H groups in total. The monoisotopic (exact) mass is 351 g/mol. The van der Waals surface area contributed by atoms with Crippen molar-refractivity contribution in [2.45, 2.75) is 32.1 Å². The first-order valence-corrected chi connectivity index (χ1v) is 9.50. The molecule has 124 valence electrons. The number of rotatable bonds is 8. The fourth-order valence-corrected chi connectivity index (χ4v) is 3.85. The van der Waals surface area contributed by atoms with Crippen molar-refractivity contribution in [3.05, 3.63) is 29.3 Å². The first-order valence-electron chi connectivity index (χ1n) is 7.53. The van der Waals surface area contributed by atoms with Crippen LogP contribution in [0.25, 0.3) is 10.2 Å². The van der Waals surface area contributed by atoms with E-state index in [9.17, 15) is 9.59 Å². The van der Waals surface area contributed by atoms with Crippen LogP contribution >= 0.6 is 23.1 Å². The summed E-state index contributed by atoms with van der Waals surface area (Å²) in [5.41, 5.74) is 1.01. The van der Waals surface area contributed by atoms with E-state index in [-0.39, 0.29) is 17.9 Å². The van der Waals surface area contributed by atoms with Gasteiger partial charge in [-0.05, 0) is 26.0 Å². The van der Waals surface area contributed by atoms with Gasteiger partial charge in [-0.15, -0.1) is 23.1 Å². The lowest BCUT2D eigenvalue weighted by atomic mass is 10.3. The van der Waals surface area contributed by atoms with E-state index in [1.165, 1.54) is 16.5 Å². The summed E-state index contributed by atoms with van der Waals surface area (Å²) in [5, 5.41) is 6.58. The van der Waals surface area contributed by atoms with Crippen LogP contribution in [0.5, 0.6) is 0 Å². The molecule has 2 rings (SSSR count). The minimum atomic E-state index is -0.0477. The second kappa shape index (κ2) is 8.88. The molecule has 0 unspecified atom stereocenters. The highest BCUT2D eigenvalue weighted by atomic mass is 32.2. The minimum Gasteiger partial charge on any atom is -0.355 e. The summed E-state index contributed by atoms with van der Waals surface area (Å²) in [6.07, 6.45) is 0.312. The Hall–Kier alpha value is -1.60. The number of thioether (sulfide) groups is 1. The van der Waals surface area contributed by atoms with Gasteiger partial charge in [-0.2, -0.15) is 0 Å². The SMILES string of the molecule is CC(C)NC(=O)CCNC(=O)CSCc1nc2ccccc2s1. The Morgan fingerprint density at radius 3 is 2.78 bits per heavy atom. The summed E-state index contributed by atoms with van der Waals surface area (Å²) in [7, 11) is 0. The number of amides is 2. The highest BCUT2D eigenvalue weighted by Gasteiger charge is 2.07. The van der Waals surface area contributed by atoms with Crippen LogP contribution < -0.4 is 10.6 Å². The molecule has 1 aromatic heterocycles. The van der Waals surface area contributed by atoms with Crippen molar-refractivity contribution < 1.29 is 9.59 Å². The standard InChI is InChI=1S/C16H21N3O2S2/c1-11(2)18-14(20)7-8-17-15(21)9-22-10-16-19-12-5-3-4-6-13(12)23-16/h3-6,11H,7-10H2,1-2H3,(H,17,21)(H,18,20). The second-order valence-electron chi connectivity index (χ2n) is 5.39. The van der Waals surface area contributed by atoms with Crippen LogP contribution in [0.15, 0.2) is 24.3 Å². The van der Waals surface area contributed by atoms with Crippen LogP contribution in [0.4, 0.5) is 0 Å². The molecule has 1 heterocycles. The van der Waals surface area contributed by atoms with Gasteiger partial charge in [0.15, 0.2) is 0 Å². The van der Waals surface area contributed by atoms with Gasteiger partial charge in [0.2, 0.25) is 11.8 Å². The van der Waals surface area contributed by atoms with Gasteiger partial charge >= 0.3 is 0 Å². The maximum absolute atomic E-state index is 11.7. The molecule has 0 saturated carbocycles. The number of carbonyl (C=O) groups is 2. The van der Waals surface area contributed by atoms with E-state index in [1.807, 2.05) is 32.0 Å². The molecule has 0 aliphatic heterocycles. The largest absolute Gasteiger partial charge is 0.355 e. The van der Waals surface area contributed by atoms with Gasteiger partial charge in [0.05, 0.1) is 16.0 Å². The van der Waals surface area contributed by atoms with Crippen molar-refractivity contribution in [1.29, 1.82) is 0 Å². The summed E-state index contributed by atoms with van der Waals surface area (Å²) >= 11 is 3.19. The summed E-state index contributed by atoms with van der Waals surface area (Å²) in [4.78, 5) is 27.7. The number of thiazole rings is 1. The Bertz CT molecular complexity index is 637. The molecule has 0 bridgehead atoms. The molecule has 0 saturated heterocycles. The normalized spacial score (nSPS) is 10.9. The van der Waals surface area contributed by atoms with E-state index < -0.39 is 0 Å². The fourth-order valence-electron chi connectivity index (χ4n) is 1.97. The molecule has 2 amide bonds. The number of hydrogen-bond acceptors (Lipinski definition) is 5. The molecule has 23 heavy (non-hydrogen) atoms. The van der Waals surface area contributed by atoms with E-state index >= 15 is 0 Å². The van der Waals surface area contributed by atoms with Crippen LogP contribution in [-0.4, -0.2) is 35.1 Å². The molecule has 0 aliphatic rings. The maximum Gasteiger partial charge on any atom is 0.230 e. The average molecular weight is 351 g/mol. The zero-order chi connectivity index (χ0) is 16.7. The van der Waals surface area contributed by atoms with Crippen LogP contribution in [0.2, 0.25) is 0 Å². The smallest absolute Gasteiger partial charge is 0.230 e. The highest BCUT2D eigenvalue weighted by Crippen LogP contribution is 2.24. The van der Waals surface area contributed by atoms with Gasteiger partial charge in [0.1, 0.15) is 5.01 Å². The third kappa shape index (κ3) is 6.19. The molecule has 1 aromatic carbocycles. The Morgan fingerprint density at radius 2 is 2.04 bits per heavy atom. The summed E-state index contributed by atoms with van der Waals surface area (Å²) in [5.74, 6) is 1.01. The number of para-hydroxylation sites is 1. The predicted molar refractivity (Wildman–Crippen MR) is 96.7 cm³/mol. The number of aromatic nitrogens is 1. The molecular formula is C16H21N3O2S2. The zero-order valence-corrected chi connectivity index (χ0v) is 14.9. The van der Waals surface area contributed by atoms with Gasteiger partial charge in [-0.3, -0.25) is 9.59 Å². The first-order chi connectivity index (χ1) is 11.0. The lowest BCUT2D eigenvalue weighted by Gasteiger charge is -2.08. The number of fused-ring (bicyclic) bond motifs is 1. The van der Waals surface area contributed by atoms with Gasteiger partial charge in [-0.25, -0.2) is 4.98 Å². The maximum atomic E-state index is 11.7. The van der Waals surface area contributed by atoms with E-state index in [0.29, 0.717) is 18.7 Å². The Balaban J connectivity index is 1.64. The number of nitrogens with one attached hydrogen (secondary N) is 2. The summed E-state index contributed by atoms with van der Waals surface area (Å²) < 4.78 is 1.17. The van der Waals surface area contributed by atoms with E-state index in [1.54, 1.807) is 11.3 Å². The quantitative estimate of drug-likeness (QED) is 0.767. The van der Waals surface area contributed by atoms with Crippen molar-refractivity contribution in [2.75, 3.05) is 12.3 Å². The molecule has 5 nitrogen and oxygen atoms in total. The van der Waals surface area contributed by atoms with Gasteiger partial charge in [0.25, 0.3) is 0 Å². The summed E-state index contributed by atoms with van der Waals surface area (Å²) in [6, 6.07) is 8.15. The molecule has 0 atom stereocenters. The van der Waals surface area contributed by atoms with Gasteiger partial charge in [0, 0.05) is 24.8 Å². The van der Waals surface area contributed by atoms with E-state index in [0.717, 1.165) is 16.3 Å². The average Bonchev–Trinajstić information content (AvgIpc) is 2.89. The lowest BCUT2D eigenvalue weighted by molar-refractivity contribution is -0.121. The van der Waals surface area contributed by atoms with E-state index in [4.69, 9.17) is 0 Å². The van der Waals surface area contributed by atoms with Crippen molar-refractivity contribution in [2.24, 2.45) is 0 Å². The van der Waals surface area contributed by atoms with Crippen molar-refractivity contribution in [1.82, 2.24) is 15.6 Å². The molecule has 0 radical (unpaired) electrons. The zero-order valence-electron chi connectivity index (χ0n) is 13.3. The van der Waals surface area contributed by atoms with Gasteiger partial charge < -0.3 is 10.6 Å². The van der Waals surface area contributed by atoms with Crippen molar-refractivity contribution in [3.8, 4) is 0 Å². The lowest BCUT2D eigenvalue weighted by Crippen LogP contribution is -2.34. The predicted octanol–water partition coefficient (Wildman–Crippen LogP) is 2.56. The number of nitrogens with zero attached hydrogens (tertiary/aromatic N) is 1. The van der Waals surface area contributed by atoms with Crippen LogP contribution in [0.1, 0.15) is 25.3 Å². The molecule has 2 aromatic rings. The Labute approximate surface area is 144 Å². The number of hydrogen-bond donors (Lipinski definition) is 2. The Kier molecular flexibility index (Phi) is 6.85. The fraction of sp³-hybridized carbons (Fsp3) is 0.438. The molecule has 0 aliphatic carbocycles. The number of carbonyl (C=O) groups excluding carboxylic acids is 2. The number of benzene rings is 1.